The van der Waals surface area contributed by atoms with E-state index in [1.165, 1.54) is 22.3 Å². The maximum Gasteiger partial charge on any atom is 0.225 e. The van der Waals surface area contributed by atoms with Crippen LogP contribution in [0.1, 0.15) is 35.1 Å². The number of aryl methyl sites for hydroxylation is 3. The van der Waals surface area contributed by atoms with Gasteiger partial charge in [0, 0.05) is 32.0 Å². The first-order valence-electron chi connectivity index (χ1n) is 10.6. The van der Waals surface area contributed by atoms with Crippen LogP contribution in [0, 0.1) is 25.7 Å². The van der Waals surface area contributed by atoms with Crippen LogP contribution >= 0.6 is 12.4 Å². The summed E-state index contributed by atoms with van der Waals surface area (Å²) in [6, 6.07) is 16.8. The average Bonchev–Trinajstić information content (AvgIpc) is 3.21. The van der Waals surface area contributed by atoms with Gasteiger partial charge in [0.05, 0.1) is 5.92 Å². The van der Waals surface area contributed by atoms with Crippen LogP contribution < -0.4 is 10.6 Å². The fourth-order valence-electron chi connectivity index (χ4n) is 3.92. The Hall–Kier alpha value is -2.17. The average molecular weight is 429 g/mol. The van der Waals surface area contributed by atoms with Gasteiger partial charge in [-0.15, -0.1) is 12.4 Å². The lowest BCUT2D eigenvalue weighted by molar-refractivity contribution is -0.131. The molecule has 0 aliphatic carbocycles. The molecule has 1 fully saturated rings. The summed E-state index contributed by atoms with van der Waals surface area (Å²) >= 11 is 0. The van der Waals surface area contributed by atoms with Crippen LogP contribution in [0.25, 0.3) is 0 Å². The number of carbonyl (C=O) groups is 2. The third-order valence-corrected chi connectivity index (χ3v) is 5.81. The Kier molecular flexibility index (Phi) is 9.54. The first-order valence-corrected chi connectivity index (χ1v) is 10.6. The van der Waals surface area contributed by atoms with Crippen LogP contribution in [-0.4, -0.2) is 31.3 Å². The third kappa shape index (κ3) is 6.96. The van der Waals surface area contributed by atoms with E-state index in [4.69, 9.17) is 0 Å². The normalized spacial score (nSPS) is 17.9. The largest absolute Gasteiger partial charge is 0.355 e. The van der Waals surface area contributed by atoms with Gasteiger partial charge in [-0.2, -0.15) is 0 Å². The van der Waals surface area contributed by atoms with Crippen molar-refractivity contribution >= 4 is 24.1 Å². The van der Waals surface area contributed by atoms with E-state index in [2.05, 4.69) is 73.0 Å². The zero-order chi connectivity index (χ0) is 20.6. The van der Waals surface area contributed by atoms with E-state index in [1.807, 2.05) is 0 Å². The maximum atomic E-state index is 12.7. The summed E-state index contributed by atoms with van der Waals surface area (Å²) in [6.45, 7) is 5.94. The molecule has 2 N–H and O–H groups in total. The SMILES string of the molecule is Cc1ccc(CCCC(=O)[C@@H]2CNC[C@H]2C(=O)NCCc2ccc(C)cc2)cc1.Cl. The van der Waals surface area contributed by atoms with Gasteiger partial charge in [0.15, 0.2) is 0 Å². The molecule has 3 rings (SSSR count). The van der Waals surface area contributed by atoms with Gasteiger partial charge in [0.2, 0.25) is 5.91 Å². The van der Waals surface area contributed by atoms with Crippen molar-refractivity contribution < 1.29 is 9.59 Å². The van der Waals surface area contributed by atoms with E-state index >= 15 is 0 Å². The molecule has 1 aliphatic rings. The van der Waals surface area contributed by atoms with E-state index in [0.717, 1.165) is 19.3 Å². The first kappa shape index (κ1) is 24.1. The number of rotatable bonds is 9. The number of hydrogen-bond acceptors (Lipinski definition) is 3. The van der Waals surface area contributed by atoms with E-state index < -0.39 is 0 Å². The highest BCUT2D eigenvalue weighted by molar-refractivity contribution is 5.89. The molecule has 2 atom stereocenters. The second kappa shape index (κ2) is 11.9. The lowest BCUT2D eigenvalue weighted by atomic mass is 9.88. The zero-order valence-electron chi connectivity index (χ0n) is 17.9. The number of halogens is 1. The van der Waals surface area contributed by atoms with Crippen LogP contribution in [0.5, 0.6) is 0 Å². The fraction of sp³-hybridized carbons (Fsp3) is 0.440. The summed E-state index contributed by atoms with van der Waals surface area (Å²) in [7, 11) is 0. The van der Waals surface area contributed by atoms with Crippen molar-refractivity contribution in [2.24, 2.45) is 11.8 Å². The van der Waals surface area contributed by atoms with Crippen molar-refractivity contribution in [3.05, 3.63) is 70.8 Å². The number of benzene rings is 2. The summed E-state index contributed by atoms with van der Waals surface area (Å²) in [5.41, 5.74) is 4.96. The quantitative estimate of drug-likeness (QED) is 0.638. The highest BCUT2D eigenvalue weighted by Crippen LogP contribution is 2.21. The Bertz CT molecular complexity index is 749. The van der Waals surface area contributed by atoms with Gasteiger partial charge in [-0.3, -0.25) is 9.59 Å². The second-order valence-electron chi connectivity index (χ2n) is 8.20. The summed E-state index contributed by atoms with van der Waals surface area (Å²) in [5.74, 6) is -0.243. The molecule has 0 unspecified atom stereocenters. The highest BCUT2D eigenvalue weighted by atomic mass is 35.5. The van der Waals surface area contributed by atoms with Crippen LogP contribution in [0.15, 0.2) is 48.5 Å². The standard InChI is InChI=1S/C25H32N2O2.ClH/c1-18-6-10-20(11-7-18)4-3-5-24(28)22-16-26-17-23(22)25(29)27-15-14-21-12-8-19(2)9-13-21;/h6-13,22-23,26H,3-5,14-17H2,1-2H3,(H,27,29);1H/t22-,23-;/m1./s1. The molecule has 30 heavy (non-hydrogen) atoms. The zero-order valence-corrected chi connectivity index (χ0v) is 18.8. The van der Waals surface area contributed by atoms with Crippen molar-refractivity contribution in [3.8, 4) is 0 Å². The Balaban J connectivity index is 0.00000320. The topological polar surface area (TPSA) is 58.2 Å². The van der Waals surface area contributed by atoms with Crippen LogP contribution in [0.4, 0.5) is 0 Å². The minimum atomic E-state index is -0.250. The molecule has 1 heterocycles. The number of nitrogens with one attached hydrogen (secondary N) is 2. The predicted octanol–water partition coefficient (Wildman–Crippen LogP) is 3.81. The van der Waals surface area contributed by atoms with Gasteiger partial charge in [-0.25, -0.2) is 0 Å². The van der Waals surface area contributed by atoms with Crippen LogP contribution in [0.3, 0.4) is 0 Å². The van der Waals surface area contributed by atoms with Crippen molar-refractivity contribution in [1.29, 1.82) is 0 Å². The number of hydrogen-bond donors (Lipinski definition) is 2. The molecule has 0 radical (unpaired) electrons. The molecule has 0 saturated carbocycles. The number of carbonyl (C=O) groups excluding carboxylic acids is 2. The second-order valence-corrected chi connectivity index (χ2v) is 8.20. The van der Waals surface area contributed by atoms with E-state index in [9.17, 15) is 9.59 Å². The molecule has 1 aliphatic heterocycles. The monoisotopic (exact) mass is 428 g/mol. The molecule has 2 aromatic rings. The molecule has 0 spiro atoms. The van der Waals surface area contributed by atoms with Crippen LogP contribution in [-0.2, 0) is 22.4 Å². The molecule has 1 saturated heterocycles. The van der Waals surface area contributed by atoms with E-state index in [0.29, 0.717) is 26.1 Å². The minimum Gasteiger partial charge on any atom is -0.355 e. The molecule has 0 aromatic heterocycles. The van der Waals surface area contributed by atoms with E-state index in [-0.39, 0.29) is 35.9 Å². The minimum absolute atomic E-state index is 0. The molecule has 162 valence electrons. The third-order valence-electron chi connectivity index (χ3n) is 5.81. The number of ketones is 1. The molecule has 5 heteroatoms. The maximum absolute atomic E-state index is 12.7. The van der Waals surface area contributed by atoms with Gasteiger partial charge in [-0.05, 0) is 44.2 Å². The lowest BCUT2D eigenvalue weighted by Crippen LogP contribution is -2.38. The van der Waals surface area contributed by atoms with Gasteiger partial charge in [0.25, 0.3) is 0 Å². The smallest absolute Gasteiger partial charge is 0.225 e. The fourth-order valence-corrected chi connectivity index (χ4v) is 3.92. The van der Waals surface area contributed by atoms with Crippen LogP contribution in [0.2, 0.25) is 0 Å². The molecular formula is C25H33ClN2O2. The Morgan fingerprint density at radius 3 is 2.00 bits per heavy atom. The van der Waals surface area contributed by atoms with Crippen molar-refractivity contribution in [3.63, 3.8) is 0 Å². The van der Waals surface area contributed by atoms with Gasteiger partial charge >= 0.3 is 0 Å². The summed E-state index contributed by atoms with van der Waals surface area (Å²) in [5, 5.41) is 6.26. The Labute approximate surface area is 186 Å². The van der Waals surface area contributed by atoms with Crippen molar-refractivity contribution in [2.75, 3.05) is 19.6 Å². The van der Waals surface area contributed by atoms with Gasteiger partial charge in [0.1, 0.15) is 5.78 Å². The summed E-state index contributed by atoms with van der Waals surface area (Å²) in [6.07, 6.45) is 3.08. The highest BCUT2D eigenvalue weighted by Gasteiger charge is 2.36. The Morgan fingerprint density at radius 1 is 0.867 bits per heavy atom. The van der Waals surface area contributed by atoms with Crippen molar-refractivity contribution in [2.45, 2.75) is 39.5 Å². The molecule has 0 bridgehead atoms. The molecule has 4 nitrogen and oxygen atoms in total. The summed E-state index contributed by atoms with van der Waals surface area (Å²) in [4.78, 5) is 25.3. The Morgan fingerprint density at radius 2 is 1.40 bits per heavy atom. The van der Waals surface area contributed by atoms with E-state index in [1.54, 1.807) is 0 Å². The number of Topliss-reactive ketones (excluding diaryl/α,β-unsaturated/α-hetero) is 1. The molecular weight excluding hydrogens is 396 g/mol. The van der Waals surface area contributed by atoms with Crippen molar-refractivity contribution in [1.82, 2.24) is 10.6 Å². The first-order chi connectivity index (χ1) is 14.0. The lowest BCUT2D eigenvalue weighted by Gasteiger charge is -2.17. The summed E-state index contributed by atoms with van der Waals surface area (Å²) < 4.78 is 0. The molecule has 1 amide bonds. The molecule has 2 aromatic carbocycles. The number of amides is 1. The van der Waals surface area contributed by atoms with Gasteiger partial charge in [-0.1, -0.05) is 59.7 Å². The predicted molar refractivity (Wildman–Crippen MR) is 124 cm³/mol. The van der Waals surface area contributed by atoms with Gasteiger partial charge < -0.3 is 10.6 Å².